The monoisotopic (exact) mass is 572 g/mol. The van der Waals surface area contributed by atoms with Crippen LogP contribution in [-0.2, 0) is 6.61 Å². The average molecular weight is 573 g/mol. The summed E-state index contributed by atoms with van der Waals surface area (Å²) in [6.45, 7) is 1.47. The van der Waals surface area contributed by atoms with E-state index < -0.39 is 5.25 Å². The molecule has 0 aliphatic rings. The highest BCUT2D eigenvalue weighted by Crippen LogP contribution is 2.43. The molecule has 4 aromatic rings. The first-order valence-electron chi connectivity index (χ1n) is 10.9. The second-order valence-electron chi connectivity index (χ2n) is 7.74. The Morgan fingerprint density at radius 1 is 1.14 bits per heavy atom. The van der Waals surface area contributed by atoms with Gasteiger partial charge in [-0.25, -0.2) is 4.39 Å². The van der Waals surface area contributed by atoms with Crippen molar-refractivity contribution in [1.82, 2.24) is 14.8 Å². The van der Waals surface area contributed by atoms with Crippen molar-refractivity contribution >= 4 is 27.7 Å². The molecule has 0 saturated heterocycles. The number of aryl methyl sites for hydroxylation is 1. The first kappa shape index (κ1) is 25.6. The second kappa shape index (κ2) is 11.5. The van der Waals surface area contributed by atoms with Gasteiger partial charge in [0.25, 0.3) is 0 Å². The molecule has 1 heterocycles. The minimum atomic E-state index is -0.600. The Hall–Kier alpha value is -3.44. The van der Waals surface area contributed by atoms with Crippen molar-refractivity contribution in [3.63, 3.8) is 0 Å². The molecular weight excluding hydrogens is 551 g/mol. The number of nitro groups is 1. The van der Waals surface area contributed by atoms with Gasteiger partial charge in [0.2, 0.25) is 6.54 Å². The standard InChI is InChI=1S/C25H22BrFN4O4S/c1-16-28-29-25(31(16)19-9-4-3-5-10-19)36-23(14-30(32)33)18-12-20(26)24(22(13-18)34-2)35-15-17-8-6-7-11-21(17)27/h3-13,23H,14-15H2,1-2H3/t23-/m0/s1. The van der Waals surface area contributed by atoms with Crippen molar-refractivity contribution in [3.8, 4) is 17.2 Å². The minimum Gasteiger partial charge on any atom is -0.493 e. The smallest absolute Gasteiger partial charge is 0.220 e. The lowest BCUT2D eigenvalue weighted by atomic mass is 10.1. The number of para-hydroxylation sites is 1. The lowest BCUT2D eigenvalue weighted by molar-refractivity contribution is -0.479. The average Bonchev–Trinajstić information content (AvgIpc) is 3.23. The molecule has 0 N–H and O–H groups in total. The van der Waals surface area contributed by atoms with Crippen molar-refractivity contribution in [2.75, 3.05) is 13.7 Å². The highest BCUT2D eigenvalue weighted by atomic mass is 79.9. The van der Waals surface area contributed by atoms with Gasteiger partial charge < -0.3 is 9.47 Å². The summed E-state index contributed by atoms with van der Waals surface area (Å²) in [6.07, 6.45) is 0. The number of halogens is 2. The summed E-state index contributed by atoms with van der Waals surface area (Å²) in [5.74, 6) is 1.03. The molecule has 11 heteroatoms. The van der Waals surface area contributed by atoms with Crippen LogP contribution in [0.2, 0.25) is 0 Å². The van der Waals surface area contributed by atoms with E-state index in [1.54, 1.807) is 30.3 Å². The predicted octanol–water partition coefficient (Wildman–Crippen LogP) is 6.18. The summed E-state index contributed by atoms with van der Waals surface area (Å²) in [5.41, 5.74) is 1.89. The molecule has 8 nitrogen and oxygen atoms in total. The molecule has 1 atom stereocenters. The van der Waals surface area contributed by atoms with Gasteiger partial charge in [0, 0.05) is 16.2 Å². The largest absolute Gasteiger partial charge is 0.493 e. The van der Waals surface area contributed by atoms with Gasteiger partial charge in [-0.05, 0) is 58.7 Å². The number of nitrogens with zero attached hydrogens (tertiary/aromatic N) is 4. The van der Waals surface area contributed by atoms with E-state index in [0.29, 0.717) is 38.1 Å². The van der Waals surface area contributed by atoms with Crippen LogP contribution in [0, 0.1) is 22.9 Å². The second-order valence-corrected chi connectivity index (χ2v) is 9.76. The third kappa shape index (κ3) is 5.85. The van der Waals surface area contributed by atoms with E-state index in [2.05, 4.69) is 26.1 Å². The summed E-state index contributed by atoms with van der Waals surface area (Å²) in [6, 6.07) is 19.3. The van der Waals surface area contributed by atoms with Crippen molar-refractivity contribution in [1.29, 1.82) is 0 Å². The van der Waals surface area contributed by atoms with E-state index in [0.717, 1.165) is 5.69 Å². The normalized spacial score (nSPS) is 11.8. The number of methoxy groups -OCH3 is 1. The molecule has 0 unspecified atom stereocenters. The molecule has 36 heavy (non-hydrogen) atoms. The third-order valence-electron chi connectivity index (χ3n) is 5.33. The topological polar surface area (TPSA) is 92.3 Å². The fourth-order valence-electron chi connectivity index (χ4n) is 3.60. The van der Waals surface area contributed by atoms with E-state index in [-0.39, 0.29) is 23.9 Å². The molecule has 0 aliphatic heterocycles. The van der Waals surface area contributed by atoms with Crippen molar-refractivity contribution in [2.45, 2.75) is 23.9 Å². The maximum absolute atomic E-state index is 14.0. The van der Waals surface area contributed by atoms with Crippen LogP contribution in [-0.4, -0.2) is 33.3 Å². The van der Waals surface area contributed by atoms with Crippen LogP contribution < -0.4 is 9.47 Å². The van der Waals surface area contributed by atoms with Gasteiger partial charge in [0.1, 0.15) is 23.5 Å². The van der Waals surface area contributed by atoms with E-state index in [4.69, 9.17) is 9.47 Å². The Morgan fingerprint density at radius 3 is 2.56 bits per heavy atom. The maximum atomic E-state index is 14.0. The summed E-state index contributed by atoms with van der Waals surface area (Å²) in [5, 5.41) is 20.0. The Kier molecular flexibility index (Phi) is 8.21. The van der Waals surface area contributed by atoms with Gasteiger partial charge in [-0.1, -0.05) is 48.2 Å². The number of hydrogen-bond acceptors (Lipinski definition) is 7. The molecule has 3 aromatic carbocycles. The summed E-state index contributed by atoms with van der Waals surface area (Å²) >= 11 is 4.73. The molecule has 0 bridgehead atoms. The number of aromatic nitrogens is 3. The molecule has 1 aromatic heterocycles. The molecule has 0 amide bonds. The highest BCUT2D eigenvalue weighted by molar-refractivity contribution is 9.10. The molecule has 186 valence electrons. The first-order valence-corrected chi connectivity index (χ1v) is 12.5. The Balaban J connectivity index is 1.65. The van der Waals surface area contributed by atoms with Gasteiger partial charge >= 0.3 is 0 Å². The lowest BCUT2D eigenvalue weighted by Crippen LogP contribution is -2.12. The van der Waals surface area contributed by atoms with Crippen LogP contribution in [0.15, 0.2) is 76.4 Å². The lowest BCUT2D eigenvalue weighted by Gasteiger charge is -2.18. The van der Waals surface area contributed by atoms with E-state index in [9.17, 15) is 14.5 Å². The van der Waals surface area contributed by atoms with Crippen LogP contribution in [0.25, 0.3) is 5.69 Å². The zero-order valence-corrected chi connectivity index (χ0v) is 21.8. The maximum Gasteiger partial charge on any atom is 0.220 e. The fraction of sp³-hybridized carbons (Fsp3) is 0.200. The summed E-state index contributed by atoms with van der Waals surface area (Å²) in [7, 11) is 1.48. The molecule has 0 spiro atoms. The number of thioether (sulfide) groups is 1. The predicted molar refractivity (Wildman–Crippen MR) is 138 cm³/mol. The van der Waals surface area contributed by atoms with Gasteiger partial charge in [-0.15, -0.1) is 10.2 Å². The molecule has 0 fully saturated rings. The Labute approximate surface area is 219 Å². The van der Waals surface area contributed by atoms with Crippen LogP contribution in [0.1, 0.15) is 22.2 Å². The van der Waals surface area contributed by atoms with E-state index in [1.807, 2.05) is 41.8 Å². The van der Waals surface area contributed by atoms with Gasteiger partial charge in [-0.2, -0.15) is 0 Å². The van der Waals surface area contributed by atoms with Crippen molar-refractivity contribution in [2.24, 2.45) is 0 Å². The SMILES string of the molecule is COc1cc([C@H](C[N+](=O)[O-])Sc2nnc(C)n2-c2ccccc2)cc(Br)c1OCc1ccccc1F. The fourth-order valence-corrected chi connectivity index (χ4v) is 5.33. The van der Waals surface area contributed by atoms with Crippen LogP contribution in [0.3, 0.4) is 0 Å². The molecule has 0 aliphatic carbocycles. The third-order valence-corrected chi connectivity index (χ3v) is 7.10. The number of hydrogen-bond donors (Lipinski definition) is 0. The van der Waals surface area contributed by atoms with Crippen LogP contribution in [0.4, 0.5) is 4.39 Å². The zero-order chi connectivity index (χ0) is 25.7. The highest BCUT2D eigenvalue weighted by Gasteiger charge is 2.26. The quantitative estimate of drug-likeness (QED) is 0.127. The van der Waals surface area contributed by atoms with Crippen LogP contribution in [0.5, 0.6) is 11.5 Å². The minimum absolute atomic E-state index is 0.00643. The Bertz CT molecular complexity index is 1370. The molecule has 4 rings (SSSR count). The van der Waals surface area contributed by atoms with Crippen LogP contribution >= 0.6 is 27.7 Å². The van der Waals surface area contributed by atoms with Crippen molar-refractivity contribution < 1.29 is 18.8 Å². The number of ether oxygens (including phenoxy) is 2. The number of rotatable bonds is 10. The molecule has 0 radical (unpaired) electrons. The first-order chi connectivity index (χ1) is 17.4. The van der Waals surface area contributed by atoms with Crippen molar-refractivity contribution in [3.05, 3.63) is 104 Å². The van der Waals surface area contributed by atoms with Gasteiger partial charge in [0.15, 0.2) is 16.7 Å². The number of benzene rings is 3. The summed E-state index contributed by atoms with van der Waals surface area (Å²) in [4.78, 5) is 11.2. The van der Waals surface area contributed by atoms with E-state index in [1.165, 1.54) is 24.9 Å². The van der Waals surface area contributed by atoms with Gasteiger partial charge in [0.05, 0.1) is 11.6 Å². The molecular formula is C25H22BrFN4O4S. The van der Waals surface area contributed by atoms with E-state index >= 15 is 0 Å². The molecule has 0 saturated carbocycles. The van der Waals surface area contributed by atoms with Gasteiger partial charge in [-0.3, -0.25) is 14.7 Å². The Morgan fingerprint density at radius 2 is 1.86 bits per heavy atom. The zero-order valence-electron chi connectivity index (χ0n) is 19.4. The summed E-state index contributed by atoms with van der Waals surface area (Å²) < 4.78 is 27.8.